The highest BCUT2D eigenvalue weighted by Crippen LogP contribution is 2.21. The van der Waals surface area contributed by atoms with Crippen molar-refractivity contribution in [1.29, 1.82) is 0 Å². The van der Waals surface area contributed by atoms with Crippen LogP contribution in [0.2, 0.25) is 0 Å². The monoisotopic (exact) mass is 215 g/mol. The van der Waals surface area contributed by atoms with E-state index in [1.807, 2.05) is 6.07 Å². The van der Waals surface area contributed by atoms with Gasteiger partial charge in [-0.05, 0) is 30.3 Å². The Morgan fingerprint density at radius 2 is 1.94 bits per heavy atom. The van der Waals surface area contributed by atoms with Crippen LogP contribution in [-0.2, 0) is 6.54 Å². The summed E-state index contributed by atoms with van der Waals surface area (Å²) in [6.45, 7) is 0.439. The predicted molar refractivity (Wildman–Crippen MR) is 63.5 cm³/mol. The molecule has 4 heteroatoms. The van der Waals surface area contributed by atoms with Crippen molar-refractivity contribution in [3.8, 4) is 5.75 Å². The van der Waals surface area contributed by atoms with Crippen LogP contribution in [0, 0.1) is 0 Å². The number of benzene rings is 1. The van der Waals surface area contributed by atoms with Gasteiger partial charge in [0.05, 0.1) is 0 Å². The molecule has 2 aromatic rings. The summed E-state index contributed by atoms with van der Waals surface area (Å²) in [6.07, 6.45) is 3.45. The molecular weight excluding hydrogens is 202 g/mol. The molecule has 1 aromatic heterocycles. The van der Waals surface area contributed by atoms with E-state index in [2.05, 4.69) is 10.3 Å². The number of aromatic hydroxyl groups is 1. The van der Waals surface area contributed by atoms with Gasteiger partial charge in [-0.3, -0.25) is 4.98 Å². The first-order valence-electron chi connectivity index (χ1n) is 4.98. The number of anilines is 2. The Labute approximate surface area is 93.8 Å². The van der Waals surface area contributed by atoms with Gasteiger partial charge in [-0.1, -0.05) is 0 Å². The minimum absolute atomic E-state index is 0.249. The van der Waals surface area contributed by atoms with E-state index >= 15 is 0 Å². The Morgan fingerprint density at radius 1 is 1.19 bits per heavy atom. The standard InChI is InChI=1S/C12H13N3O/c13-7-9-8-14-6-5-12(9)15-10-1-3-11(16)4-2-10/h1-6,8,16H,7,13H2,(H,14,15). The van der Waals surface area contributed by atoms with Crippen LogP contribution in [0.5, 0.6) is 5.75 Å². The minimum Gasteiger partial charge on any atom is -0.508 e. The molecule has 4 N–H and O–H groups in total. The third kappa shape index (κ3) is 2.29. The van der Waals surface area contributed by atoms with Crippen LogP contribution in [0.3, 0.4) is 0 Å². The molecule has 0 saturated heterocycles. The van der Waals surface area contributed by atoms with Gasteiger partial charge in [0.1, 0.15) is 5.75 Å². The maximum atomic E-state index is 9.17. The van der Waals surface area contributed by atoms with Crippen LogP contribution in [0.4, 0.5) is 11.4 Å². The number of pyridine rings is 1. The largest absolute Gasteiger partial charge is 0.508 e. The lowest BCUT2D eigenvalue weighted by Gasteiger charge is -2.10. The van der Waals surface area contributed by atoms with Crippen LogP contribution in [0.1, 0.15) is 5.56 Å². The van der Waals surface area contributed by atoms with Crippen molar-refractivity contribution in [3.63, 3.8) is 0 Å². The summed E-state index contributed by atoms with van der Waals surface area (Å²) in [5.74, 6) is 0.249. The van der Waals surface area contributed by atoms with E-state index in [0.29, 0.717) is 6.54 Å². The molecule has 1 heterocycles. The highest BCUT2D eigenvalue weighted by Gasteiger charge is 2.00. The van der Waals surface area contributed by atoms with Gasteiger partial charge in [-0.25, -0.2) is 0 Å². The van der Waals surface area contributed by atoms with Gasteiger partial charge in [0.25, 0.3) is 0 Å². The average molecular weight is 215 g/mol. The summed E-state index contributed by atoms with van der Waals surface area (Å²) in [4.78, 5) is 4.01. The van der Waals surface area contributed by atoms with Crippen molar-refractivity contribution in [2.75, 3.05) is 5.32 Å². The number of phenols is 1. The van der Waals surface area contributed by atoms with Crippen molar-refractivity contribution in [2.45, 2.75) is 6.54 Å². The Kier molecular flexibility index (Phi) is 3.03. The van der Waals surface area contributed by atoms with Gasteiger partial charge in [0, 0.05) is 35.9 Å². The van der Waals surface area contributed by atoms with E-state index in [9.17, 15) is 0 Å². The summed E-state index contributed by atoms with van der Waals surface area (Å²) in [7, 11) is 0. The van der Waals surface area contributed by atoms with Crippen LogP contribution in [-0.4, -0.2) is 10.1 Å². The van der Waals surface area contributed by atoms with Gasteiger partial charge in [-0.2, -0.15) is 0 Å². The molecule has 0 saturated carbocycles. The highest BCUT2D eigenvalue weighted by molar-refractivity contribution is 5.62. The first-order chi connectivity index (χ1) is 7.79. The molecule has 0 aliphatic rings. The summed E-state index contributed by atoms with van der Waals surface area (Å²) >= 11 is 0. The number of phenolic OH excluding ortho intramolecular Hbond substituents is 1. The van der Waals surface area contributed by atoms with E-state index in [-0.39, 0.29) is 5.75 Å². The van der Waals surface area contributed by atoms with Crippen molar-refractivity contribution < 1.29 is 5.11 Å². The summed E-state index contributed by atoms with van der Waals surface area (Å²) in [5, 5.41) is 12.4. The average Bonchev–Trinajstić information content (AvgIpc) is 2.33. The van der Waals surface area contributed by atoms with Gasteiger partial charge < -0.3 is 16.2 Å². The number of nitrogens with one attached hydrogen (secondary N) is 1. The van der Waals surface area contributed by atoms with Crippen LogP contribution in [0.25, 0.3) is 0 Å². The fourth-order valence-corrected chi connectivity index (χ4v) is 1.41. The normalized spacial score (nSPS) is 10.1. The number of hydrogen-bond acceptors (Lipinski definition) is 4. The Morgan fingerprint density at radius 3 is 2.62 bits per heavy atom. The maximum absolute atomic E-state index is 9.17. The molecule has 0 unspecified atom stereocenters. The molecule has 0 atom stereocenters. The van der Waals surface area contributed by atoms with E-state index < -0.39 is 0 Å². The van der Waals surface area contributed by atoms with Crippen LogP contribution < -0.4 is 11.1 Å². The van der Waals surface area contributed by atoms with Crippen LogP contribution >= 0.6 is 0 Å². The lowest BCUT2D eigenvalue weighted by Crippen LogP contribution is -2.02. The van der Waals surface area contributed by atoms with Crippen molar-refractivity contribution in [2.24, 2.45) is 5.73 Å². The molecule has 0 aliphatic carbocycles. The molecule has 1 aromatic carbocycles. The predicted octanol–water partition coefficient (Wildman–Crippen LogP) is 1.99. The van der Waals surface area contributed by atoms with E-state index in [4.69, 9.17) is 10.8 Å². The molecule has 4 nitrogen and oxygen atoms in total. The molecule has 2 rings (SSSR count). The Hall–Kier alpha value is -2.07. The highest BCUT2D eigenvalue weighted by atomic mass is 16.3. The fourth-order valence-electron chi connectivity index (χ4n) is 1.41. The first kappa shape index (κ1) is 10.4. The summed E-state index contributed by atoms with van der Waals surface area (Å²) < 4.78 is 0. The maximum Gasteiger partial charge on any atom is 0.115 e. The number of nitrogens with two attached hydrogens (primary N) is 1. The zero-order valence-corrected chi connectivity index (χ0v) is 8.72. The molecule has 0 spiro atoms. The lowest BCUT2D eigenvalue weighted by atomic mass is 10.2. The van der Waals surface area contributed by atoms with Crippen molar-refractivity contribution in [3.05, 3.63) is 48.3 Å². The minimum atomic E-state index is 0.249. The summed E-state index contributed by atoms with van der Waals surface area (Å²) in [6, 6.07) is 8.73. The summed E-state index contributed by atoms with van der Waals surface area (Å²) in [5.41, 5.74) is 8.40. The van der Waals surface area contributed by atoms with E-state index in [0.717, 1.165) is 16.9 Å². The number of rotatable bonds is 3. The van der Waals surface area contributed by atoms with Gasteiger partial charge in [-0.15, -0.1) is 0 Å². The molecule has 82 valence electrons. The van der Waals surface area contributed by atoms with Crippen molar-refractivity contribution in [1.82, 2.24) is 4.98 Å². The van der Waals surface area contributed by atoms with E-state index in [1.54, 1.807) is 36.7 Å². The SMILES string of the molecule is NCc1cnccc1Nc1ccc(O)cc1. The molecule has 0 bridgehead atoms. The zero-order chi connectivity index (χ0) is 11.4. The van der Waals surface area contributed by atoms with Gasteiger partial charge in [0.15, 0.2) is 0 Å². The second kappa shape index (κ2) is 4.63. The van der Waals surface area contributed by atoms with Gasteiger partial charge >= 0.3 is 0 Å². The molecule has 16 heavy (non-hydrogen) atoms. The van der Waals surface area contributed by atoms with Crippen molar-refractivity contribution >= 4 is 11.4 Å². The quantitative estimate of drug-likeness (QED) is 0.685. The molecule has 0 fully saturated rings. The molecular formula is C12H13N3O. The van der Waals surface area contributed by atoms with E-state index in [1.165, 1.54) is 0 Å². The first-order valence-corrected chi connectivity index (χ1v) is 4.98. The second-order valence-corrected chi connectivity index (χ2v) is 3.41. The third-order valence-corrected chi connectivity index (χ3v) is 2.27. The Balaban J connectivity index is 2.23. The Bertz CT molecular complexity index is 468. The van der Waals surface area contributed by atoms with Crippen LogP contribution in [0.15, 0.2) is 42.7 Å². The number of hydrogen-bond donors (Lipinski definition) is 3. The third-order valence-electron chi connectivity index (χ3n) is 2.27. The fraction of sp³-hybridized carbons (Fsp3) is 0.0833. The molecule has 0 radical (unpaired) electrons. The second-order valence-electron chi connectivity index (χ2n) is 3.41. The lowest BCUT2D eigenvalue weighted by molar-refractivity contribution is 0.475. The smallest absolute Gasteiger partial charge is 0.115 e. The number of aromatic nitrogens is 1. The molecule has 0 aliphatic heterocycles. The number of nitrogens with zero attached hydrogens (tertiary/aromatic N) is 1. The zero-order valence-electron chi connectivity index (χ0n) is 8.72. The topological polar surface area (TPSA) is 71.2 Å². The molecule has 0 amide bonds. The van der Waals surface area contributed by atoms with Gasteiger partial charge in [0.2, 0.25) is 0 Å².